The monoisotopic (exact) mass is 377 g/mol. The minimum absolute atomic E-state index is 0.0201. The molecule has 2 aromatic rings. The molecule has 1 amide bonds. The van der Waals surface area contributed by atoms with Crippen molar-refractivity contribution >= 4 is 45.3 Å². The van der Waals surface area contributed by atoms with Crippen LogP contribution in [0.2, 0.25) is 0 Å². The van der Waals surface area contributed by atoms with Crippen molar-refractivity contribution in [1.29, 1.82) is 0 Å². The molecule has 1 aliphatic heterocycles. The summed E-state index contributed by atoms with van der Waals surface area (Å²) in [4.78, 5) is 25.1. The lowest BCUT2D eigenvalue weighted by Crippen LogP contribution is -2.28. The molecule has 4 nitrogen and oxygen atoms in total. The summed E-state index contributed by atoms with van der Waals surface area (Å²) >= 11 is 5.05. The Morgan fingerprint density at radius 2 is 2.00 bits per heavy atom. The second kappa shape index (κ2) is 6.14. The standard InChI is InChI=1S/C16H12BrNO3S/c17-13-7-2-1-6-12(13)15-18(14(19)9-22-15)11-5-3-4-10(8-11)16(20)21/h1-8,15H,9H2,(H,20,21)/t15-/m1/s1. The van der Waals surface area contributed by atoms with Gasteiger partial charge in [0, 0.05) is 10.2 Å². The first-order valence-electron chi connectivity index (χ1n) is 6.59. The number of rotatable bonds is 3. The SMILES string of the molecule is O=C(O)c1cccc(N2C(=O)CS[C@@H]2c2ccccc2Br)c1. The summed E-state index contributed by atoms with van der Waals surface area (Å²) in [5.74, 6) is -0.643. The number of thioether (sulfide) groups is 1. The second-order valence-corrected chi connectivity index (χ2v) is 6.73. The maximum absolute atomic E-state index is 12.3. The highest BCUT2D eigenvalue weighted by atomic mass is 79.9. The highest BCUT2D eigenvalue weighted by Crippen LogP contribution is 2.44. The minimum atomic E-state index is -1.00. The van der Waals surface area contributed by atoms with Crippen molar-refractivity contribution in [2.75, 3.05) is 10.7 Å². The molecule has 1 fully saturated rings. The van der Waals surface area contributed by atoms with Crippen molar-refractivity contribution in [3.63, 3.8) is 0 Å². The summed E-state index contributed by atoms with van der Waals surface area (Å²) in [6, 6.07) is 14.2. The van der Waals surface area contributed by atoms with E-state index in [1.165, 1.54) is 23.9 Å². The molecule has 0 radical (unpaired) electrons. The van der Waals surface area contributed by atoms with Crippen molar-refractivity contribution in [2.45, 2.75) is 5.37 Å². The molecule has 2 aromatic carbocycles. The molecule has 1 aliphatic rings. The molecule has 0 saturated carbocycles. The van der Waals surface area contributed by atoms with Gasteiger partial charge in [0.1, 0.15) is 5.37 Å². The molecule has 3 rings (SSSR count). The van der Waals surface area contributed by atoms with Crippen molar-refractivity contribution in [3.8, 4) is 0 Å². The lowest BCUT2D eigenvalue weighted by molar-refractivity contribution is -0.115. The molecule has 22 heavy (non-hydrogen) atoms. The van der Waals surface area contributed by atoms with E-state index in [0.29, 0.717) is 11.4 Å². The van der Waals surface area contributed by atoms with Gasteiger partial charge in [0.15, 0.2) is 0 Å². The zero-order valence-corrected chi connectivity index (χ0v) is 13.8. The Bertz CT molecular complexity index is 750. The van der Waals surface area contributed by atoms with E-state index in [0.717, 1.165) is 10.0 Å². The first-order valence-corrected chi connectivity index (χ1v) is 8.43. The molecule has 1 heterocycles. The van der Waals surface area contributed by atoms with Gasteiger partial charge in [-0.15, -0.1) is 11.8 Å². The molecule has 0 spiro atoms. The van der Waals surface area contributed by atoms with Crippen LogP contribution in [0.4, 0.5) is 5.69 Å². The number of amides is 1. The largest absolute Gasteiger partial charge is 0.478 e. The van der Waals surface area contributed by atoms with Gasteiger partial charge in [-0.25, -0.2) is 4.79 Å². The molecule has 0 bridgehead atoms. The van der Waals surface area contributed by atoms with E-state index in [-0.39, 0.29) is 16.8 Å². The topological polar surface area (TPSA) is 57.6 Å². The van der Waals surface area contributed by atoms with Crippen molar-refractivity contribution in [2.24, 2.45) is 0 Å². The number of halogens is 1. The lowest BCUT2D eigenvalue weighted by atomic mass is 10.1. The number of anilines is 1. The Morgan fingerprint density at radius 3 is 2.73 bits per heavy atom. The van der Waals surface area contributed by atoms with Gasteiger partial charge in [-0.05, 0) is 29.8 Å². The van der Waals surface area contributed by atoms with E-state index < -0.39 is 5.97 Å². The van der Waals surface area contributed by atoms with Gasteiger partial charge < -0.3 is 5.11 Å². The number of carboxylic acid groups (broad SMARTS) is 1. The number of carbonyl (C=O) groups is 2. The van der Waals surface area contributed by atoms with Gasteiger partial charge >= 0.3 is 5.97 Å². The van der Waals surface area contributed by atoms with Crippen molar-refractivity contribution in [3.05, 3.63) is 64.1 Å². The number of aromatic carboxylic acids is 1. The van der Waals surface area contributed by atoms with Crippen molar-refractivity contribution < 1.29 is 14.7 Å². The summed E-state index contributed by atoms with van der Waals surface area (Å²) in [5.41, 5.74) is 1.78. The zero-order chi connectivity index (χ0) is 15.7. The van der Waals surface area contributed by atoms with Crippen LogP contribution >= 0.6 is 27.7 Å². The zero-order valence-electron chi connectivity index (χ0n) is 11.4. The molecule has 1 saturated heterocycles. The Hall–Kier alpha value is -1.79. The van der Waals surface area contributed by atoms with E-state index >= 15 is 0 Å². The first kappa shape index (κ1) is 15.1. The van der Waals surface area contributed by atoms with Crippen LogP contribution < -0.4 is 4.90 Å². The average molecular weight is 378 g/mol. The second-order valence-electron chi connectivity index (χ2n) is 4.80. The van der Waals surface area contributed by atoms with Gasteiger partial charge in [-0.1, -0.05) is 40.2 Å². The Morgan fingerprint density at radius 1 is 1.23 bits per heavy atom. The molecular weight excluding hydrogens is 366 g/mol. The normalized spacial score (nSPS) is 17.8. The number of nitrogens with zero attached hydrogens (tertiary/aromatic N) is 1. The quantitative estimate of drug-likeness (QED) is 0.880. The number of carboxylic acids is 1. The summed E-state index contributed by atoms with van der Waals surface area (Å²) in [6.07, 6.45) is 0. The Kier molecular flexibility index (Phi) is 4.22. The summed E-state index contributed by atoms with van der Waals surface area (Å²) < 4.78 is 0.932. The molecule has 6 heteroatoms. The minimum Gasteiger partial charge on any atom is -0.478 e. The highest BCUT2D eigenvalue weighted by Gasteiger charge is 2.35. The molecule has 0 aliphatic carbocycles. The van der Waals surface area contributed by atoms with Crippen LogP contribution in [0.3, 0.4) is 0 Å². The van der Waals surface area contributed by atoms with Crippen LogP contribution in [-0.4, -0.2) is 22.7 Å². The smallest absolute Gasteiger partial charge is 0.335 e. The fourth-order valence-electron chi connectivity index (χ4n) is 2.40. The molecule has 0 unspecified atom stereocenters. The van der Waals surface area contributed by atoms with E-state index in [4.69, 9.17) is 5.11 Å². The lowest BCUT2D eigenvalue weighted by Gasteiger charge is -2.25. The van der Waals surface area contributed by atoms with Crippen LogP contribution in [0.25, 0.3) is 0 Å². The molecule has 112 valence electrons. The Balaban J connectivity index is 2.03. The Labute approximate surface area is 140 Å². The third kappa shape index (κ3) is 2.76. The maximum Gasteiger partial charge on any atom is 0.335 e. The average Bonchev–Trinajstić information content (AvgIpc) is 2.89. The van der Waals surface area contributed by atoms with E-state index in [1.807, 2.05) is 24.3 Å². The fraction of sp³-hybridized carbons (Fsp3) is 0.125. The number of carbonyl (C=O) groups excluding carboxylic acids is 1. The van der Waals surface area contributed by atoms with Crippen LogP contribution in [0, 0.1) is 0 Å². The predicted molar refractivity (Wildman–Crippen MR) is 90.2 cm³/mol. The van der Waals surface area contributed by atoms with E-state index in [9.17, 15) is 9.59 Å². The van der Waals surface area contributed by atoms with Crippen LogP contribution in [0.1, 0.15) is 21.3 Å². The van der Waals surface area contributed by atoms with Crippen LogP contribution in [0.5, 0.6) is 0 Å². The summed E-state index contributed by atoms with van der Waals surface area (Å²) in [7, 11) is 0. The number of hydrogen-bond acceptors (Lipinski definition) is 3. The van der Waals surface area contributed by atoms with Gasteiger partial charge in [-0.3, -0.25) is 9.69 Å². The first-order chi connectivity index (χ1) is 10.6. The van der Waals surface area contributed by atoms with Gasteiger partial charge in [0.05, 0.1) is 11.3 Å². The molecule has 0 aromatic heterocycles. The van der Waals surface area contributed by atoms with Gasteiger partial charge in [0.2, 0.25) is 5.91 Å². The van der Waals surface area contributed by atoms with Gasteiger partial charge in [0.25, 0.3) is 0 Å². The van der Waals surface area contributed by atoms with Gasteiger partial charge in [-0.2, -0.15) is 0 Å². The molecular formula is C16H12BrNO3S. The number of hydrogen-bond donors (Lipinski definition) is 1. The number of benzene rings is 2. The highest BCUT2D eigenvalue weighted by molar-refractivity contribution is 9.10. The fourth-order valence-corrected chi connectivity index (χ4v) is 4.26. The third-order valence-corrected chi connectivity index (χ3v) is 5.33. The third-order valence-electron chi connectivity index (χ3n) is 3.41. The van der Waals surface area contributed by atoms with Crippen LogP contribution in [0.15, 0.2) is 53.0 Å². The van der Waals surface area contributed by atoms with E-state index in [1.54, 1.807) is 17.0 Å². The molecule has 1 atom stereocenters. The molecule has 1 N–H and O–H groups in total. The van der Waals surface area contributed by atoms with Crippen LogP contribution in [-0.2, 0) is 4.79 Å². The van der Waals surface area contributed by atoms with E-state index in [2.05, 4.69) is 15.9 Å². The van der Waals surface area contributed by atoms with Crippen molar-refractivity contribution in [1.82, 2.24) is 0 Å². The summed E-state index contributed by atoms with van der Waals surface area (Å²) in [6.45, 7) is 0. The maximum atomic E-state index is 12.3. The predicted octanol–water partition coefficient (Wildman–Crippen LogP) is 3.93. The summed E-state index contributed by atoms with van der Waals surface area (Å²) in [5, 5.41) is 8.97.